The number of likely N-dealkylation sites (tertiary alicyclic amines) is 1. The zero-order valence-corrected chi connectivity index (χ0v) is 15.0. The molecule has 2 heterocycles. The quantitative estimate of drug-likeness (QED) is 0.891. The van der Waals surface area contributed by atoms with Crippen LogP contribution in [0.3, 0.4) is 0 Å². The Bertz CT molecular complexity index is 640. The Labute approximate surface area is 149 Å². The first-order chi connectivity index (χ1) is 12.0. The van der Waals surface area contributed by atoms with Gasteiger partial charge in [-0.2, -0.15) is 0 Å². The summed E-state index contributed by atoms with van der Waals surface area (Å²) >= 11 is 0. The van der Waals surface area contributed by atoms with Crippen molar-refractivity contribution in [3.05, 3.63) is 35.9 Å². The van der Waals surface area contributed by atoms with Gasteiger partial charge < -0.3 is 14.7 Å². The predicted molar refractivity (Wildman–Crippen MR) is 94.3 cm³/mol. The molecule has 1 aromatic carbocycles. The summed E-state index contributed by atoms with van der Waals surface area (Å²) in [7, 11) is 0. The van der Waals surface area contributed by atoms with Crippen molar-refractivity contribution < 1.29 is 19.4 Å². The minimum atomic E-state index is -0.849. The molecule has 1 aromatic rings. The van der Waals surface area contributed by atoms with Gasteiger partial charge >= 0.3 is 5.97 Å². The number of benzene rings is 1. The van der Waals surface area contributed by atoms with Crippen molar-refractivity contribution in [1.29, 1.82) is 0 Å². The van der Waals surface area contributed by atoms with E-state index in [0.717, 1.165) is 5.56 Å². The van der Waals surface area contributed by atoms with Gasteiger partial charge in [-0.15, -0.1) is 0 Å². The summed E-state index contributed by atoms with van der Waals surface area (Å²) in [5.41, 5.74) is -0.423. The molecule has 136 valence electrons. The standard InChI is InChI=1S/C20H27NO4/c1-3-19(4-2,15-8-6-5-7-9-15)17(22)21-12-16-13-25-11-10-20(16,14-21)18(23)24/h5-9,16H,3-4,10-14H2,1-2H3,(H,23,24)/t16-,20+/m0/s1. The Morgan fingerprint density at radius 3 is 2.52 bits per heavy atom. The Hall–Kier alpha value is -1.88. The average Bonchev–Trinajstić information content (AvgIpc) is 3.05. The lowest BCUT2D eigenvalue weighted by Crippen LogP contribution is -2.47. The van der Waals surface area contributed by atoms with Gasteiger partial charge in [-0.05, 0) is 24.8 Å². The lowest BCUT2D eigenvalue weighted by molar-refractivity contribution is -0.157. The number of rotatable bonds is 5. The highest BCUT2D eigenvalue weighted by Crippen LogP contribution is 2.45. The molecule has 0 unspecified atom stereocenters. The molecule has 2 saturated heterocycles. The van der Waals surface area contributed by atoms with E-state index in [1.54, 1.807) is 4.90 Å². The fourth-order valence-corrected chi connectivity index (χ4v) is 4.60. The number of ether oxygens (including phenoxy) is 1. The number of carbonyl (C=O) groups excluding carboxylic acids is 1. The number of nitrogens with zero attached hydrogens (tertiary/aromatic N) is 1. The zero-order valence-electron chi connectivity index (χ0n) is 15.0. The van der Waals surface area contributed by atoms with Gasteiger partial charge in [0, 0.05) is 25.6 Å². The molecule has 2 atom stereocenters. The largest absolute Gasteiger partial charge is 0.481 e. The second-order valence-electron chi connectivity index (χ2n) is 7.32. The molecule has 0 radical (unpaired) electrons. The van der Waals surface area contributed by atoms with Gasteiger partial charge in [0.05, 0.1) is 17.4 Å². The molecule has 2 aliphatic heterocycles. The molecule has 5 heteroatoms. The van der Waals surface area contributed by atoms with E-state index in [2.05, 4.69) is 0 Å². The van der Waals surface area contributed by atoms with Crippen LogP contribution >= 0.6 is 0 Å². The summed E-state index contributed by atoms with van der Waals surface area (Å²) < 4.78 is 5.51. The van der Waals surface area contributed by atoms with E-state index >= 15 is 0 Å². The topological polar surface area (TPSA) is 66.8 Å². The van der Waals surface area contributed by atoms with Crippen LogP contribution < -0.4 is 0 Å². The third-order valence-corrected chi connectivity index (χ3v) is 6.36. The number of aliphatic carboxylic acids is 1. The smallest absolute Gasteiger partial charge is 0.311 e. The van der Waals surface area contributed by atoms with E-state index in [9.17, 15) is 14.7 Å². The van der Waals surface area contributed by atoms with Crippen molar-refractivity contribution in [1.82, 2.24) is 4.90 Å². The first-order valence-corrected chi connectivity index (χ1v) is 9.16. The van der Waals surface area contributed by atoms with E-state index < -0.39 is 16.8 Å². The van der Waals surface area contributed by atoms with Gasteiger partial charge in [-0.1, -0.05) is 44.2 Å². The monoisotopic (exact) mass is 345 g/mol. The number of amides is 1. The van der Waals surface area contributed by atoms with E-state index in [1.807, 2.05) is 44.2 Å². The normalized spacial score (nSPS) is 26.3. The fourth-order valence-electron chi connectivity index (χ4n) is 4.60. The summed E-state index contributed by atoms with van der Waals surface area (Å²) in [6.45, 7) is 5.72. The van der Waals surface area contributed by atoms with Crippen molar-refractivity contribution in [3.63, 3.8) is 0 Å². The predicted octanol–water partition coefficient (Wildman–Crippen LogP) is 2.69. The maximum absolute atomic E-state index is 13.5. The molecule has 5 nitrogen and oxygen atoms in total. The second-order valence-corrected chi connectivity index (χ2v) is 7.32. The van der Waals surface area contributed by atoms with Crippen LogP contribution in [-0.2, 0) is 19.7 Å². The first kappa shape index (κ1) is 17.9. The van der Waals surface area contributed by atoms with E-state index in [0.29, 0.717) is 45.6 Å². The van der Waals surface area contributed by atoms with Crippen molar-refractivity contribution in [2.45, 2.75) is 38.5 Å². The Balaban J connectivity index is 1.93. The molecule has 0 aliphatic carbocycles. The lowest BCUT2D eigenvalue weighted by Gasteiger charge is -2.36. The highest BCUT2D eigenvalue weighted by atomic mass is 16.5. The van der Waals surface area contributed by atoms with E-state index in [1.165, 1.54) is 0 Å². The summed E-state index contributed by atoms with van der Waals surface area (Å²) in [5, 5.41) is 9.84. The third-order valence-electron chi connectivity index (χ3n) is 6.36. The van der Waals surface area contributed by atoms with Crippen LogP contribution in [0, 0.1) is 11.3 Å². The minimum Gasteiger partial charge on any atom is -0.481 e. The zero-order chi connectivity index (χ0) is 18.1. The number of carboxylic acids is 1. The maximum Gasteiger partial charge on any atom is 0.311 e. The van der Waals surface area contributed by atoms with Crippen LogP contribution in [0.4, 0.5) is 0 Å². The van der Waals surface area contributed by atoms with Gasteiger partial charge in [-0.3, -0.25) is 9.59 Å². The van der Waals surface area contributed by atoms with Crippen LogP contribution in [0.1, 0.15) is 38.7 Å². The molecular formula is C20H27NO4. The number of carboxylic acid groups (broad SMARTS) is 1. The molecular weight excluding hydrogens is 318 g/mol. The molecule has 0 bridgehead atoms. The lowest BCUT2D eigenvalue weighted by atomic mass is 9.74. The average molecular weight is 345 g/mol. The molecule has 2 aliphatic rings. The van der Waals surface area contributed by atoms with Gasteiger partial charge in [-0.25, -0.2) is 0 Å². The van der Waals surface area contributed by atoms with Crippen molar-refractivity contribution >= 4 is 11.9 Å². The van der Waals surface area contributed by atoms with Crippen molar-refractivity contribution in [2.75, 3.05) is 26.3 Å². The van der Waals surface area contributed by atoms with Crippen LogP contribution in [0.5, 0.6) is 0 Å². The number of hydrogen-bond donors (Lipinski definition) is 1. The van der Waals surface area contributed by atoms with Crippen LogP contribution in [0.15, 0.2) is 30.3 Å². The summed E-state index contributed by atoms with van der Waals surface area (Å²) in [6.07, 6.45) is 1.88. The highest BCUT2D eigenvalue weighted by Gasteiger charge is 2.56. The van der Waals surface area contributed by atoms with Crippen LogP contribution in [0.25, 0.3) is 0 Å². The van der Waals surface area contributed by atoms with Crippen molar-refractivity contribution in [3.8, 4) is 0 Å². The molecule has 0 aromatic heterocycles. The molecule has 25 heavy (non-hydrogen) atoms. The molecule has 3 rings (SSSR count). The molecule has 1 amide bonds. The summed E-state index contributed by atoms with van der Waals surface area (Å²) in [5.74, 6) is -0.863. The Kier molecular flexibility index (Phi) is 4.87. The summed E-state index contributed by atoms with van der Waals surface area (Å²) in [6, 6.07) is 9.87. The summed E-state index contributed by atoms with van der Waals surface area (Å²) in [4.78, 5) is 27.3. The minimum absolute atomic E-state index is 0.0544. The van der Waals surface area contributed by atoms with Gasteiger partial charge in [0.25, 0.3) is 0 Å². The Morgan fingerprint density at radius 2 is 1.96 bits per heavy atom. The molecule has 0 saturated carbocycles. The van der Waals surface area contributed by atoms with E-state index in [-0.39, 0.29) is 11.8 Å². The van der Waals surface area contributed by atoms with Crippen LogP contribution in [-0.4, -0.2) is 48.2 Å². The fraction of sp³-hybridized carbons (Fsp3) is 0.600. The SMILES string of the molecule is CCC(CC)(C(=O)N1C[C@H]2COCC[C@@]2(C(=O)O)C1)c1ccccc1. The van der Waals surface area contributed by atoms with Gasteiger partial charge in [0.2, 0.25) is 5.91 Å². The number of fused-ring (bicyclic) bond motifs is 1. The van der Waals surface area contributed by atoms with Gasteiger partial charge in [0.1, 0.15) is 0 Å². The first-order valence-electron chi connectivity index (χ1n) is 9.16. The van der Waals surface area contributed by atoms with Crippen LogP contribution in [0.2, 0.25) is 0 Å². The maximum atomic E-state index is 13.5. The van der Waals surface area contributed by atoms with E-state index in [4.69, 9.17) is 4.74 Å². The molecule has 0 spiro atoms. The molecule has 1 N–H and O–H groups in total. The highest BCUT2D eigenvalue weighted by molar-refractivity contribution is 5.89. The third kappa shape index (κ3) is 2.74. The second kappa shape index (κ2) is 6.79. The Morgan fingerprint density at radius 1 is 1.28 bits per heavy atom. The van der Waals surface area contributed by atoms with Crippen molar-refractivity contribution in [2.24, 2.45) is 11.3 Å². The number of carbonyl (C=O) groups is 2. The van der Waals surface area contributed by atoms with Gasteiger partial charge in [0.15, 0.2) is 0 Å². The number of hydrogen-bond acceptors (Lipinski definition) is 3. The molecule has 2 fully saturated rings.